The molecule has 0 aliphatic rings. The van der Waals surface area contributed by atoms with E-state index in [0.717, 1.165) is 22.1 Å². The number of aryl methyl sites for hydroxylation is 1. The predicted octanol–water partition coefficient (Wildman–Crippen LogP) is 7.30. The zero-order chi connectivity index (χ0) is 29.3. The van der Waals surface area contributed by atoms with E-state index in [1.54, 1.807) is 60.7 Å². The number of carbonyl (C=O) groups is 2. The molecule has 42 heavy (non-hydrogen) atoms. The van der Waals surface area contributed by atoms with Crippen LogP contribution in [0.3, 0.4) is 0 Å². The highest BCUT2D eigenvalue weighted by molar-refractivity contribution is 7.14. The number of amides is 2. The van der Waals surface area contributed by atoms with Crippen molar-refractivity contribution in [1.29, 1.82) is 0 Å². The first-order valence-corrected chi connectivity index (χ1v) is 14.2. The first-order chi connectivity index (χ1) is 20.4. The van der Waals surface area contributed by atoms with E-state index in [4.69, 9.17) is 16.3 Å². The number of hydrogen-bond donors (Lipinski definition) is 3. The molecule has 10 heteroatoms. The summed E-state index contributed by atoms with van der Waals surface area (Å²) >= 11 is 7.60. The molecule has 210 valence electrons. The smallest absolute Gasteiger partial charge is 0.271 e. The molecule has 0 saturated heterocycles. The number of rotatable bonds is 10. The summed E-state index contributed by atoms with van der Waals surface area (Å²) in [6, 6.07) is 29.3. The van der Waals surface area contributed by atoms with Gasteiger partial charge in [0.05, 0.1) is 22.6 Å². The quantitative estimate of drug-likeness (QED) is 0.116. The van der Waals surface area contributed by atoms with E-state index >= 15 is 0 Å². The third kappa shape index (κ3) is 7.60. The van der Waals surface area contributed by atoms with E-state index in [1.807, 2.05) is 48.7 Å². The molecule has 0 unspecified atom stereocenters. The molecule has 1 heterocycles. The van der Waals surface area contributed by atoms with Gasteiger partial charge in [-0.1, -0.05) is 65.7 Å². The lowest BCUT2D eigenvalue weighted by molar-refractivity contribution is -0.118. The largest absolute Gasteiger partial charge is 0.483 e. The zero-order valence-corrected chi connectivity index (χ0v) is 24.1. The Morgan fingerprint density at radius 2 is 1.69 bits per heavy atom. The van der Waals surface area contributed by atoms with Crippen LogP contribution in [0, 0.1) is 6.92 Å². The number of aromatic nitrogens is 1. The van der Waals surface area contributed by atoms with Gasteiger partial charge in [-0.15, -0.1) is 11.3 Å². The number of carbonyl (C=O) groups excluding carboxylic acids is 2. The third-order valence-electron chi connectivity index (χ3n) is 6.05. The molecule has 2 amide bonds. The van der Waals surface area contributed by atoms with Crippen molar-refractivity contribution in [2.75, 3.05) is 17.2 Å². The number of ether oxygens (including phenoxy) is 1. The third-order valence-corrected chi connectivity index (χ3v) is 7.13. The van der Waals surface area contributed by atoms with E-state index in [0.29, 0.717) is 27.6 Å². The summed E-state index contributed by atoms with van der Waals surface area (Å²) in [4.78, 5) is 29.6. The Balaban J connectivity index is 1.15. The lowest BCUT2D eigenvalue weighted by Crippen LogP contribution is -2.21. The molecule has 0 saturated carbocycles. The average molecular weight is 596 g/mol. The minimum Gasteiger partial charge on any atom is -0.483 e. The van der Waals surface area contributed by atoms with Crippen molar-refractivity contribution in [2.45, 2.75) is 6.92 Å². The zero-order valence-electron chi connectivity index (χ0n) is 22.5. The second-order valence-electron chi connectivity index (χ2n) is 9.16. The molecule has 0 spiro atoms. The number of nitrogens with zero attached hydrogens (tertiary/aromatic N) is 2. The van der Waals surface area contributed by atoms with Crippen molar-refractivity contribution >= 4 is 57.5 Å². The van der Waals surface area contributed by atoms with Gasteiger partial charge in [0, 0.05) is 27.8 Å². The van der Waals surface area contributed by atoms with E-state index in [2.05, 4.69) is 26.1 Å². The van der Waals surface area contributed by atoms with Gasteiger partial charge in [-0.25, -0.2) is 10.4 Å². The van der Waals surface area contributed by atoms with Crippen LogP contribution in [0.15, 0.2) is 108 Å². The molecular formula is C32H26ClN5O3S. The maximum Gasteiger partial charge on any atom is 0.271 e. The van der Waals surface area contributed by atoms with Crippen LogP contribution in [0.2, 0.25) is 5.02 Å². The van der Waals surface area contributed by atoms with Crippen LogP contribution in [0.1, 0.15) is 21.5 Å². The van der Waals surface area contributed by atoms with Gasteiger partial charge in [-0.3, -0.25) is 9.59 Å². The molecule has 0 aliphatic heterocycles. The van der Waals surface area contributed by atoms with Gasteiger partial charge in [-0.2, -0.15) is 5.10 Å². The first kappa shape index (κ1) is 28.5. The molecular weight excluding hydrogens is 570 g/mol. The minimum absolute atomic E-state index is 0.225. The molecule has 0 radical (unpaired) electrons. The van der Waals surface area contributed by atoms with Crippen LogP contribution < -0.4 is 20.8 Å². The van der Waals surface area contributed by atoms with Gasteiger partial charge < -0.3 is 15.4 Å². The first-order valence-electron chi connectivity index (χ1n) is 12.9. The van der Waals surface area contributed by atoms with Crippen molar-refractivity contribution in [1.82, 2.24) is 10.4 Å². The Bertz CT molecular complexity index is 1720. The Morgan fingerprint density at radius 3 is 2.48 bits per heavy atom. The van der Waals surface area contributed by atoms with E-state index in [1.165, 1.54) is 23.1 Å². The number of nitrogens with one attached hydrogen (secondary N) is 3. The van der Waals surface area contributed by atoms with Crippen molar-refractivity contribution in [3.8, 4) is 17.0 Å². The number of thiazole rings is 1. The maximum absolute atomic E-state index is 12.7. The summed E-state index contributed by atoms with van der Waals surface area (Å²) in [5, 5.41) is 13.3. The summed E-state index contributed by atoms with van der Waals surface area (Å²) < 4.78 is 5.68. The Labute approximate surface area is 252 Å². The predicted molar refractivity (Wildman–Crippen MR) is 169 cm³/mol. The van der Waals surface area contributed by atoms with E-state index in [-0.39, 0.29) is 18.4 Å². The standard InChI is InChI=1S/C32H26ClN5O3S/c1-21-10-16-25(17-11-21)35-32-37-28(20-42-32)22-12-14-23(15-13-22)31(40)38-34-18-24-6-2-5-9-29(24)41-19-30(39)36-27-8-4-3-7-26(27)33/h2-18,20H,19H2,1H3,(H,35,37)(H,36,39)(H,38,40)/b34-18+. The minimum atomic E-state index is -0.365. The van der Waals surface area contributed by atoms with Crippen LogP contribution in [0.5, 0.6) is 5.75 Å². The SMILES string of the molecule is Cc1ccc(Nc2nc(-c3ccc(C(=O)N/N=C/c4ccccc4OCC(=O)Nc4ccccc4Cl)cc3)cs2)cc1. The van der Waals surface area contributed by atoms with Crippen molar-refractivity contribution in [3.63, 3.8) is 0 Å². The van der Waals surface area contributed by atoms with Gasteiger partial charge in [0.1, 0.15) is 5.75 Å². The van der Waals surface area contributed by atoms with E-state index < -0.39 is 0 Å². The maximum atomic E-state index is 12.7. The average Bonchev–Trinajstić information content (AvgIpc) is 3.47. The van der Waals surface area contributed by atoms with Crippen LogP contribution in [0.25, 0.3) is 11.3 Å². The molecule has 5 rings (SSSR count). The van der Waals surface area contributed by atoms with Gasteiger partial charge in [0.2, 0.25) is 0 Å². The fourth-order valence-corrected chi connectivity index (χ4v) is 4.78. The number of hydrogen-bond acceptors (Lipinski definition) is 7. The number of halogens is 1. The Morgan fingerprint density at radius 1 is 0.952 bits per heavy atom. The summed E-state index contributed by atoms with van der Waals surface area (Å²) in [5.41, 5.74) is 7.96. The summed E-state index contributed by atoms with van der Waals surface area (Å²) in [6.07, 6.45) is 1.46. The molecule has 8 nitrogen and oxygen atoms in total. The van der Waals surface area contributed by atoms with E-state index in [9.17, 15) is 9.59 Å². The van der Waals surface area contributed by atoms with Crippen LogP contribution in [-0.2, 0) is 4.79 Å². The number of benzene rings is 4. The highest BCUT2D eigenvalue weighted by atomic mass is 35.5. The highest BCUT2D eigenvalue weighted by Crippen LogP contribution is 2.27. The normalized spacial score (nSPS) is 10.8. The molecule has 5 aromatic rings. The molecule has 3 N–H and O–H groups in total. The Kier molecular flexibility index (Phi) is 9.23. The molecule has 0 atom stereocenters. The second kappa shape index (κ2) is 13.6. The Hall–Kier alpha value is -4.99. The number of para-hydroxylation sites is 2. The van der Waals surface area contributed by atoms with Crippen molar-refractivity contribution in [2.24, 2.45) is 5.10 Å². The highest BCUT2D eigenvalue weighted by Gasteiger charge is 2.10. The second-order valence-corrected chi connectivity index (χ2v) is 10.4. The van der Waals surface area contributed by atoms with Gasteiger partial charge in [0.25, 0.3) is 11.8 Å². The van der Waals surface area contributed by atoms with Crippen LogP contribution >= 0.6 is 22.9 Å². The fraction of sp³-hybridized carbons (Fsp3) is 0.0625. The number of anilines is 3. The van der Waals surface area contributed by atoms with Gasteiger partial charge >= 0.3 is 0 Å². The van der Waals surface area contributed by atoms with Gasteiger partial charge in [-0.05, 0) is 55.5 Å². The molecule has 0 fully saturated rings. The number of hydrazone groups is 1. The molecule has 1 aromatic heterocycles. The summed E-state index contributed by atoms with van der Waals surface area (Å²) in [6.45, 7) is 1.82. The fourth-order valence-electron chi connectivity index (χ4n) is 3.85. The molecule has 0 aliphatic carbocycles. The summed E-state index contributed by atoms with van der Waals surface area (Å²) in [7, 11) is 0. The van der Waals surface area contributed by atoms with Crippen LogP contribution in [-0.4, -0.2) is 29.6 Å². The summed E-state index contributed by atoms with van der Waals surface area (Å²) in [5.74, 6) is -0.285. The van der Waals surface area contributed by atoms with Crippen LogP contribution in [0.4, 0.5) is 16.5 Å². The van der Waals surface area contributed by atoms with Gasteiger partial charge in [0.15, 0.2) is 11.7 Å². The lowest BCUT2D eigenvalue weighted by Gasteiger charge is -2.10. The molecule has 4 aromatic carbocycles. The lowest BCUT2D eigenvalue weighted by atomic mass is 10.1. The monoisotopic (exact) mass is 595 g/mol. The van der Waals surface area contributed by atoms with Crippen molar-refractivity contribution < 1.29 is 14.3 Å². The van der Waals surface area contributed by atoms with Crippen molar-refractivity contribution in [3.05, 3.63) is 124 Å². The molecule has 0 bridgehead atoms. The topological polar surface area (TPSA) is 105 Å².